The maximum atomic E-state index is 12.7. The number of hydrogen-bond acceptors (Lipinski definition) is 5. The zero-order valence-corrected chi connectivity index (χ0v) is 13.0. The number of nitrogens with zero attached hydrogens (tertiary/aromatic N) is 1. The van der Waals surface area contributed by atoms with Crippen LogP contribution >= 0.6 is 11.6 Å². The molecule has 2 N–H and O–H groups in total. The normalized spacial score (nSPS) is 22.7. The van der Waals surface area contributed by atoms with Gasteiger partial charge in [-0.05, 0) is 18.2 Å². The lowest BCUT2D eigenvalue weighted by Gasteiger charge is -2.36. The Morgan fingerprint density at radius 1 is 1.19 bits per heavy atom. The number of nitrogen functional groups attached to an aromatic ring is 1. The summed E-state index contributed by atoms with van der Waals surface area (Å²) >= 11 is 6.01. The van der Waals surface area contributed by atoms with Gasteiger partial charge in [0.25, 0.3) is 0 Å². The number of benzene rings is 1. The van der Waals surface area contributed by atoms with E-state index in [1.165, 1.54) is 16.4 Å². The molecule has 0 radical (unpaired) electrons. The van der Waals surface area contributed by atoms with Crippen molar-refractivity contribution in [2.45, 2.75) is 23.5 Å². The summed E-state index contributed by atoms with van der Waals surface area (Å²) < 4.78 is 37.9. The van der Waals surface area contributed by atoms with Gasteiger partial charge in [-0.25, -0.2) is 8.42 Å². The monoisotopic (exact) mass is 332 g/mol. The van der Waals surface area contributed by atoms with Crippen molar-refractivity contribution < 1.29 is 17.9 Å². The van der Waals surface area contributed by atoms with Crippen LogP contribution in [-0.4, -0.2) is 44.8 Å². The number of hydrogen-bond donors (Lipinski definition) is 1. The quantitative estimate of drug-likeness (QED) is 0.829. The molecule has 0 unspecified atom stereocenters. The summed E-state index contributed by atoms with van der Waals surface area (Å²) in [4.78, 5) is 0.0494. The average Bonchev–Trinajstić information content (AvgIpc) is 2.90. The van der Waals surface area contributed by atoms with E-state index in [4.69, 9.17) is 26.8 Å². The van der Waals surface area contributed by atoms with Gasteiger partial charge in [0, 0.05) is 31.6 Å². The fourth-order valence-electron chi connectivity index (χ4n) is 2.71. The van der Waals surface area contributed by atoms with Crippen LogP contribution in [0.25, 0.3) is 0 Å². The highest BCUT2D eigenvalue weighted by atomic mass is 35.5. The number of rotatable bonds is 2. The summed E-state index contributed by atoms with van der Waals surface area (Å²) in [7, 11) is -3.65. The number of nitrogens with two attached hydrogens (primary N) is 1. The van der Waals surface area contributed by atoms with Crippen molar-refractivity contribution in [2.75, 3.05) is 32.0 Å². The lowest BCUT2D eigenvalue weighted by Crippen LogP contribution is -2.47. The SMILES string of the molecule is Nc1ccc(Cl)c(S(=O)(=O)N2CCC3(CC2)OCCO3)c1. The van der Waals surface area contributed by atoms with Gasteiger partial charge >= 0.3 is 0 Å². The molecule has 1 aromatic rings. The molecule has 21 heavy (non-hydrogen) atoms. The van der Waals surface area contributed by atoms with E-state index in [1.54, 1.807) is 6.07 Å². The summed E-state index contributed by atoms with van der Waals surface area (Å²) in [6, 6.07) is 4.47. The van der Waals surface area contributed by atoms with Crippen molar-refractivity contribution in [3.8, 4) is 0 Å². The Labute approximate surface area is 128 Å². The second-order valence-electron chi connectivity index (χ2n) is 5.20. The minimum absolute atomic E-state index is 0.0494. The van der Waals surface area contributed by atoms with E-state index in [-0.39, 0.29) is 9.92 Å². The minimum Gasteiger partial charge on any atom is -0.399 e. The lowest BCUT2D eigenvalue weighted by atomic mass is 10.1. The van der Waals surface area contributed by atoms with Crippen molar-refractivity contribution in [1.29, 1.82) is 0 Å². The predicted molar refractivity (Wildman–Crippen MR) is 78.5 cm³/mol. The standard InChI is InChI=1S/C13H17ClN2O4S/c14-11-2-1-10(15)9-12(11)21(17,18)16-5-3-13(4-6-16)19-7-8-20-13/h1-2,9H,3-8,15H2. The number of halogens is 1. The molecule has 8 heteroatoms. The zero-order valence-electron chi connectivity index (χ0n) is 11.4. The topological polar surface area (TPSA) is 81.9 Å². The van der Waals surface area contributed by atoms with Crippen molar-refractivity contribution in [3.05, 3.63) is 23.2 Å². The van der Waals surface area contributed by atoms with Crippen LogP contribution in [-0.2, 0) is 19.5 Å². The van der Waals surface area contributed by atoms with Gasteiger partial charge in [0.15, 0.2) is 5.79 Å². The van der Waals surface area contributed by atoms with Crippen LogP contribution in [0, 0.1) is 0 Å². The van der Waals surface area contributed by atoms with Crippen molar-refractivity contribution in [3.63, 3.8) is 0 Å². The largest absolute Gasteiger partial charge is 0.399 e. The highest BCUT2D eigenvalue weighted by Gasteiger charge is 2.42. The maximum absolute atomic E-state index is 12.7. The molecular weight excluding hydrogens is 316 g/mol. The summed E-state index contributed by atoms with van der Waals surface area (Å²) in [6.07, 6.45) is 1.04. The molecule has 0 amide bonds. The minimum atomic E-state index is -3.65. The molecule has 2 heterocycles. The molecule has 1 spiro atoms. The van der Waals surface area contributed by atoms with Crippen LogP contribution in [0.5, 0.6) is 0 Å². The third-order valence-corrected chi connectivity index (χ3v) is 6.25. The summed E-state index contributed by atoms with van der Waals surface area (Å²) in [5, 5.41) is 0.179. The smallest absolute Gasteiger partial charge is 0.244 e. The van der Waals surface area contributed by atoms with Crippen LogP contribution in [0.15, 0.2) is 23.1 Å². The van der Waals surface area contributed by atoms with Gasteiger partial charge in [-0.1, -0.05) is 11.6 Å². The van der Waals surface area contributed by atoms with E-state index in [2.05, 4.69) is 0 Å². The first-order chi connectivity index (χ1) is 9.93. The van der Waals surface area contributed by atoms with Crippen LogP contribution in [0.3, 0.4) is 0 Å². The first-order valence-corrected chi connectivity index (χ1v) is 8.58. The van der Waals surface area contributed by atoms with E-state index >= 15 is 0 Å². The molecule has 2 fully saturated rings. The Morgan fingerprint density at radius 2 is 1.81 bits per heavy atom. The molecule has 3 rings (SSSR count). The highest BCUT2D eigenvalue weighted by molar-refractivity contribution is 7.89. The molecular formula is C13H17ClN2O4S. The first-order valence-electron chi connectivity index (χ1n) is 6.76. The van der Waals surface area contributed by atoms with Crippen molar-refractivity contribution >= 4 is 27.3 Å². The number of piperidine rings is 1. The molecule has 116 valence electrons. The second kappa shape index (κ2) is 5.40. The fraction of sp³-hybridized carbons (Fsp3) is 0.538. The third kappa shape index (κ3) is 2.76. The molecule has 2 aliphatic heterocycles. The number of sulfonamides is 1. The Kier molecular flexibility index (Phi) is 3.87. The summed E-state index contributed by atoms with van der Waals surface area (Å²) in [6.45, 7) is 1.81. The molecule has 1 aromatic carbocycles. The van der Waals surface area contributed by atoms with E-state index in [9.17, 15) is 8.42 Å². The predicted octanol–water partition coefficient (Wildman–Crippen LogP) is 1.45. The molecule has 0 bridgehead atoms. The fourth-order valence-corrected chi connectivity index (χ4v) is 4.66. The molecule has 0 aliphatic carbocycles. The second-order valence-corrected chi connectivity index (χ2v) is 7.52. The molecule has 0 aromatic heterocycles. The summed E-state index contributed by atoms with van der Waals surface area (Å²) in [5.74, 6) is -0.606. The lowest BCUT2D eigenvalue weighted by molar-refractivity contribution is -0.179. The van der Waals surface area contributed by atoms with Gasteiger partial charge in [-0.2, -0.15) is 4.31 Å². The summed E-state index contributed by atoms with van der Waals surface area (Å²) in [5.41, 5.74) is 6.04. The maximum Gasteiger partial charge on any atom is 0.244 e. The van der Waals surface area contributed by atoms with Gasteiger partial charge in [0.1, 0.15) is 4.90 Å². The van der Waals surface area contributed by atoms with Crippen LogP contribution in [0.2, 0.25) is 5.02 Å². The van der Waals surface area contributed by atoms with Gasteiger partial charge in [0.05, 0.1) is 18.2 Å². The van der Waals surface area contributed by atoms with Gasteiger partial charge in [-0.15, -0.1) is 0 Å². The van der Waals surface area contributed by atoms with E-state index in [0.717, 1.165) is 0 Å². The van der Waals surface area contributed by atoms with E-state index in [0.29, 0.717) is 44.8 Å². The molecule has 0 atom stereocenters. The van der Waals surface area contributed by atoms with Crippen molar-refractivity contribution in [1.82, 2.24) is 4.31 Å². The van der Waals surface area contributed by atoms with Crippen molar-refractivity contribution in [2.24, 2.45) is 0 Å². The Morgan fingerprint density at radius 3 is 2.43 bits per heavy atom. The van der Waals surface area contributed by atoms with Crippen LogP contribution < -0.4 is 5.73 Å². The number of ether oxygens (including phenoxy) is 2. The van der Waals surface area contributed by atoms with Gasteiger partial charge < -0.3 is 15.2 Å². The van der Waals surface area contributed by atoms with Gasteiger partial charge in [0.2, 0.25) is 10.0 Å². The zero-order chi connectivity index (χ0) is 15.1. The molecule has 0 saturated carbocycles. The highest BCUT2D eigenvalue weighted by Crippen LogP contribution is 2.34. The molecule has 6 nitrogen and oxygen atoms in total. The van der Waals surface area contributed by atoms with Gasteiger partial charge in [-0.3, -0.25) is 0 Å². The van der Waals surface area contributed by atoms with E-state index < -0.39 is 15.8 Å². The Hall–Kier alpha value is -0.860. The Bertz CT molecular complexity index is 634. The van der Waals surface area contributed by atoms with E-state index in [1.807, 2.05) is 0 Å². The number of anilines is 1. The molecule has 2 saturated heterocycles. The average molecular weight is 333 g/mol. The van der Waals surface area contributed by atoms with Crippen LogP contribution in [0.1, 0.15) is 12.8 Å². The first kappa shape index (κ1) is 15.1. The third-order valence-electron chi connectivity index (χ3n) is 3.87. The Balaban J connectivity index is 1.82. The van der Waals surface area contributed by atoms with Crippen LogP contribution in [0.4, 0.5) is 5.69 Å². The molecule has 2 aliphatic rings.